The third-order valence-corrected chi connectivity index (χ3v) is 10.5. The van der Waals surface area contributed by atoms with Gasteiger partial charge in [-0.2, -0.15) is 0 Å². The Labute approximate surface area is 307 Å². The third-order valence-electron chi connectivity index (χ3n) is 10.5. The third kappa shape index (κ3) is 5.43. The smallest absolute Gasteiger partial charge is 0.0588 e. The summed E-state index contributed by atoms with van der Waals surface area (Å²) in [6, 6.07) is 68.7. The standard InChI is InChI=1S/C51H39N/c1-35-19-17-31-43(37-21-7-3-8-22-37)49(35)52(50-36(2)20-18-32-44(50)38-23-9-4-10-24-38)51-47-33-41-29-15-16-30-42(41)46(47)34-45(39-25-11-5-12-26-39)48(51)40-27-13-6-14-28-40/h3-32,34H,33H2,1-2H3. The van der Waals surface area contributed by atoms with Crippen LogP contribution in [-0.4, -0.2) is 0 Å². The molecule has 1 heteroatoms. The van der Waals surface area contributed by atoms with Crippen molar-refractivity contribution in [3.05, 3.63) is 210 Å². The molecule has 0 spiro atoms. The number of benzene rings is 8. The molecule has 8 aromatic carbocycles. The molecule has 0 saturated carbocycles. The van der Waals surface area contributed by atoms with E-state index in [9.17, 15) is 0 Å². The van der Waals surface area contributed by atoms with Gasteiger partial charge in [-0.1, -0.05) is 182 Å². The summed E-state index contributed by atoms with van der Waals surface area (Å²) >= 11 is 0. The Bertz CT molecular complexity index is 2450. The Balaban J connectivity index is 1.50. The van der Waals surface area contributed by atoms with E-state index >= 15 is 0 Å². The highest BCUT2D eigenvalue weighted by molar-refractivity contribution is 6.07. The number of nitrogens with zero attached hydrogens (tertiary/aromatic N) is 1. The Morgan fingerprint density at radius 2 is 0.769 bits per heavy atom. The molecule has 52 heavy (non-hydrogen) atoms. The number of fused-ring (bicyclic) bond motifs is 3. The van der Waals surface area contributed by atoms with Crippen molar-refractivity contribution in [2.75, 3.05) is 4.90 Å². The first-order chi connectivity index (χ1) is 25.7. The van der Waals surface area contributed by atoms with E-state index < -0.39 is 0 Å². The van der Waals surface area contributed by atoms with Crippen LogP contribution in [0.4, 0.5) is 17.1 Å². The van der Waals surface area contributed by atoms with E-state index in [4.69, 9.17) is 0 Å². The van der Waals surface area contributed by atoms with Gasteiger partial charge in [-0.25, -0.2) is 0 Å². The highest BCUT2D eigenvalue weighted by atomic mass is 15.2. The Morgan fingerprint density at radius 3 is 1.29 bits per heavy atom. The van der Waals surface area contributed by atoms with Gasteiger partial charge in [-0.05, 0) is 81.1 Å². The summed E-state index contributed by atoms with van der Waals surface area (Å²) < 4.78 is 0. The SMILES string of the molecule is Cc1cccc(-c2ccccc2)c1N(c1c(C)cccc1-c1ccccc1)c1c2c(cc(-c3ccccc3)c1-c1ccccc1)-c1ccccc1C2. The van der Waals surface area contributed by atoms with Gasteiger partial charge < -0.3 is 4.90 Å². The van der Waals surface area contributed by atoms with Crippen LogP contribution in [0.25, 0.3) is 55.6 Å². The van der Waals surface area contributed by atoms with Crippen molar-refractivity contribution in [1.29, 1.82) is 0 Å². The molecular formula is C51H39N. The fourth-order valence-corrected chi connectivity index (χ4v) is 8.19. The number of anilines is 3. The average molecular weight is 666 g/mol. The monoisotopic (exact) mass is 665 g/mol. The van der Waals surface area contributed by atoms with Crippen LogP contribution >= 0.6 is 0 Å². The van der Waals surface area contributed by atoms with E-state index in [1.807, 2.05) is 0 Å². The fourth-order valence-electron chi connectivity index (χ4n) is 8.19. The average Bonchev–Trinajstić information content (AvgIpc) is 3.58. The van der Waals surface area contributed by atoms with Crippen LogP contribution in [0.1, 0.15) is 22.3 Å². The van der Waals surface area contributed by atoms with Gasteiger partial charge >= 0.3 is 0 Å². The van der Waals surface area contributed by atoms with Crippen LogP contribution in [-0.2, 0) is 6.42 Å². The number of aryl methyl sites for hydroxylation is 2. The molecule has 0 radical (unpaired) electrons. The first-order valence-corrected chi connectivity index (χ1v) is 18.2. The summed E-state index contributed by atoms with van der Waals surface area (Å²) in [5.74, 6) is 0. The molecule has 9 rings (SSSR count). The van der Waals surface area contributed by atoms with E-state index in [0.29, 0.717) is 0 Å². The Hall–Kier alpha value is -6.44. The molecule has 0 saturated heterocycles. The minimum Gasteiger partial charge on any atom is -0.308 e. The predicted molar refractivity (Wildman–Crippen MR) is 221 cm³/mol. The molecule has 0 unspecified atom stereocenters. The lowest BCUT2D eigenvalue weighted by atomic mass is 9.85. The van der Waals surface area contributed by atoms with Crippen LogP contribution < -0.4 is 4.90 Å². The molecule has 0 aliphatic heterocycles. The van der Waals surface area contributed by atoms with Crippen LogP contribution in [0.5, 0.6) is 0 Å². The zero-order valence-corrected chi connectivity index (χ0v) is 29.6. The van der Waals surface area contributed by atoms with Gasteiger partial charge in [0, 0.05) is 23.1 Å². The van der Waals surface area contributed by atoms with E-state index in [-0.39, 0.29) is 0 Å². The number of rotatable bonds is 7. The van der Waals surface area contributed by atoms with Gasteiger partial charge in [0.05, 0.1) is 17.1 Å². The van der Waals surface area contributed by atoms with Crippen molar-refractivity contribution in [2.45, 2.75) is 20.3 Å². The summed E-state index contributed by atoms with van der Waals surface area (Å²) in [5.41, 5.74) is 21.1. The van der Waals surface area contributed by atoms with Gasteiger partial charge in [0.1, 0.15) is 0 Å². The maximum Gasteiger partial charge on any atom is 0.0588 e. The van der Waals surface area contributed by atoms with E-state index in [1.165, 1.54) is 95.0 Å². The zero-order valence-electron chi connectivity index (χ0n) is 29.6. The lowest BCUT2D eigenvalue weighted by Crippen LogP contribution is -2.18. The van der Waals surface area contributed by atoms with Gasteiger partial charge in [0.15, 0.2) is 0 Å². The van der Waals surface area contributed by atoms with Gasteiger partial charge in [-0.15, -0.1) is 0 Å². The quantitative estimate of drug-likeness (QED) is 0.164. The molecule has 0 amide bonds. The molecule has 248 valence electrons. The first kappa shape index (κ1) is 31.5. The highest BCUT2D eigenvalue weighted by Crippen LogP contribution is 2.57. The van der Waals surface area contributed by atoms with Crippen molar-refractivity contribution < 1.29 is 0 Å². The van der Waals surface area contributed by atoms with Gasteiger partial charge in [-0.3, -0.25) is 0 Å². The summed E-state index contributed by atoms with van der Waals surface area (Å²) in [6.07, 6.45) is 0.853. The summed E-state index contributed by atoms with van der Waals surface area (Å²) in [4.78, 5) is 2.65. The second kappa shape index (κ2) is 13.4. The summed E-state index contributed by atoms with van der Waals surface area (Å²) in [7, 11) is 0. The van der Waals surface area contributed by atoms with Gasteiger partial charge in [0.25, 0.3) is 0 Å². The van der Waals surface area contributed by atoms with Crippen molar-refractivity contribution in [3.8, 4) is 55.6 Å². The molecule has 1 aliphatic carbocycles. The Morgan fingerprint density at radius 1 is 0.346 bits per heavy atom. The number of para-hydroxylation sites is 2. The van der Waals surface area contributed by atoms with Crippen molar-refractivity contribution >= 4 is 17.1 Å². The van der Waals surface area contributed by atoms with Crippen molar-refractivity contribution in [2.24, 2.45) is 0 Å². The molecule has 0 N–H and O–H groups in total. The lowest BCUT2D eigenvalue weighted by Gasteiger charge is -2.36. The lowest BCUT2D eigenvalue weighted by molar-refractivity contribution is 1.18. The maximum atomic E-state index is 2.65. The normalized spacial score (nSPS) is 11.6. The molecule has 0 bridgehead atoms. The molecule has 0 atom stereocenters. The summed E-state index contributed by atoms with van der Waals surface area (Å²) in [6.45, 7) is 4.54. The van der Waals surface area contributed by atoms with Crippen molar-refractivity contribution in [1.82, 2.24) is 0 Å². The number of hydrogen-bond donors (Lipinski definition) is 0. The number of hydrogen-bond acceptors (Lipinski definition) is 1. The fraction of sp³-hybridized carbons (Fsp3) is 0.0588. The minimum atomic E-state index is 0.853. The van der Waals surface area contributed by atoms with Crippen LogP contribution in [0.3, 0.4) is 0 Å². The zero-order chi connectivity index (χ0) is 35.0. The predicted octanol–water partition coefficient (Wildman–Crippen LogP) is 14.0. The maximum absolute atomic E-state index is 2.65. The second-order valence-corrected chi connectivity index (χ2v) is 13.7. The van der Waals surface area contributed by atoms with Crippen molar-refractivity contribution in [3.63, 3.8) is 0 Å². The molecule has 8 aromatic rings. The van der Waals surface area contributed by atoms with E-state index in [2.05, 4.69) is 207 Å². The molecular weight excluding hydrogens is 627 g/mol. The molecule has 1 aliphatic rings. The van der Waals surface area contributed by atoms with Crippen LogP contribution in [0.15, 0.2) is 188 Å². The second-order valence-electron chi connectivity index (χ2n) is 13.7. The van der Waals surface area contributed by atoms with Crippen LogP contribution in [0.2, 0.25) is 0 Å². The van der Waals surface area contributed by atoms with E-state index in [0.717, 1.165) is 6.42 Å². The largest absolute Gasteiger partial charge is 0.308 e. The first-order valence-electron chi connectivity index (χ1n) is 18.2. The van der Waals surface area contributed by atoms with Gasteiger partial charge in [0.2, 0.25) is 0 Å². The van der Waals surface area contributed by atoms with Crippen LogP contribution in [0, 0.1) is 13.8 Å². The van der Waals surface area contributed by atoms with E-state index in [1.54, 1.807) is 0 Å². The summed E-state index contributed by atoms with van der Waals surface area (Å²) in [5, 5.41) is 0. The molecule has 0 heterocycles. The topological polar surface area (TPSA) is 3.24 Å². The Kier molecular flexibility index (Phi) is 8.10. The molecule has 0 fully saturated rings. The highest BCUT2D eigenvalue weighted by Gasteiger charge is 2.33. The minimum absolute atomic E-state index is 0.853. The molecule has 0 aromatic heterocycles. The molecule has 1 nitrogen and oxygen atoms in total.